The molecule has 0 saturated carbocycles. The molecule has 2 aromatic carbocycles. The molecule has 174 valence electrons. The van der Waals surface area contributed by atoms with Gasteiger partial charge < -0.3 is 10.2 Å². The highest BCUT2D eigenvalue weighted by atomic mass is 16.6. The van der Waals surface area contributed by atoms with Gasteiger partial charge in [-0.25, -0.2) is 4.90 Å². The first-order chi connectivity index (χ1) is 16.2. The number of aryl methyl sites for hydroxylation is 1. The number of carbonyl (C=O) groups excluding carboxylic acids is 3. The van der Waals surface area contributed by atoms with Crippen LogP contribution in [0, 0.1) is 42.7 Å². The van der Waals surface area contributed by atoms with Gasteiger partial charge in [-0.05, 0) is 44.0 Å². The van der Waals surface area contributed by atoms with E-state index in [1.54, 1.807) is 13.0 Å². The lowest BCUT2D eigenvalue weighted by molar-refractivity contribution is -0.948. The van der Waals surface area contributed by atoms with Crippen LogP contribution in [-0.4, -0.2) is 35.2 Å². The number of nitrogens with one attached hydrogen (secondary N) is 2. The van der Waals surface area contributed by atoms with E-state index < -0.39 is 28.2 Å². The summed E-state index contributed by atoms with van der Waals surface area (Å²) >= 11 is 0. The molecule has 1 spiro atoms. The van der Waals surface area contributed by atoms with Gasteiger partial charge in [0, 0.05) is 24.5 Å². The molecule has 9 nitrogen and oxygen atoms in total. The Morgan fingerprint density at radius 1 is 1.09 bits per heavy atom. The molecule has 2 N–H and O–H groups in total. The molecule has 3 amide bonds. The van der Waals surface area contributed by atoms with Crippen molar-refractivity contribution in [2.75, 3.05) is 16.8 Å². The Morgan fingerprint density at radius 2 is 1.85 bits per heavy atom. The lowest BCUT2D eigenvalue weighted by Crippen LogP contribution is -3.19. The number of fused-ring (bicyclic) bond motifs is 7. The average Bonchev–Trinajstić information content (AvgIpc) is 3.50. The monoisotopic (exact) mass is 461 g/mol. The van der Waals surface area contributed by atoms with Crippen LogP contribution in [0.5, 0.6) is 0 Å². The van der Waals surface area contributed by atoms with E-state index in [4.69, 9.17) is 0 Å². The summed E-state index contributed by atoms with van der Waals surface area (Å²) in [5.41, 5.74) is 2.71. The van der Waals surface area contributed by atoms with Crippen LogP contribution < -0.4 is 15.1 Å². The highest BCUT2D eigenvalue weighted by Crippen LogP contribution is 2.53. The zero-order valence-corrected chi connectivity index (χ0v) is 19.2. The number of amides is 3. The number of nitrogens with zero attached hydrogens (tertiary/aromatic N) is 2. The number of nitro groups is 1. The minimum absolute atomic E-state index is 0.145. The fourth-order valence-electron chi connectivity index (χ4n) is 7.07. The van der Waals surface area contributed by atoms with Crippen LogP contribution in [0.1, 0.15) is 35.1 Å². The number of imide groups is 1. The van der Waals surface area contributed by atoms with Gasteiger partial charge in [0.05, 0.1) is 28.4 Å². The fourth-order valence-corrected chi connectivity index (χ4v) is 7.07. The van der Waals surface area contributed by atoms with Crippen LogP contribution in [0.25, 0.3) is 0 Å². The van der Waals surface area contributed by atoms with Crippen molar-refractivity contribution < 1.29 is 24.2 Å². The molecule has 0 bridgehead atoms. The maximum absolute atomic E-state index is 14.1. The highest BCUT2D eigenvalue weighted by Gasteiger charge is 2.78. The molecule has 4 aliphatic rings. The second kappa shape index (κ2) is 6.73. The van der Waals surface area contributed by atoms with E-state index >= 15 is 0 Å². The number of hydrogen-bond donors (Lipinski definition) is 2. The molecule has 0 radical (unpaired) electrons. The molecular formula is C25H25N4O5+. The summed E-state index contributed by atoms with van der Waals surface area (Å²) in [5.74, 6) is -2.51. The number of quaternary nitrogens is 1. The second-order valence-electron chi connectivity index (χ2n) is 9.91. The van der Waals surface area contributed by atoms with Gasteiger partial charge in [0.15, 0.2) is 0 Å². The normalized spacial score (nSPS) is 31.1. The van der Waals surface area contributed by atoms with Crippen LogP contribution in [0.2, 0.25) is 0 Å². The third-order valence-corrected chi connectivity index (χ3v) is 8.64. The standard InChI is InChI=1S/C25H24N4O5/c1-12-9-10-15-21(13(12)2)26-24(32)25(15)20-19(18-8-5-11-27(18)25)22(30)28(23(20)31)16-6-4-7-17(14(16)3)29(33)34/h4,6-7,9-10,18-20H,5,8,11H2,1-3H3,(H,26,32)/p+1/t18-,19+,20-,25-/m0/s1. The zero-order valence-electron chi connectivity index (χ0n) is 19.2. The van der Waals surface area contributed by atoms with E-state index in [2.05, 4.69) is 5.32 Å². The first-order valence-corrected chi connectivity index (χ1v) is 11.6. The molecule has 4 aliphatic heterocycles. The average molecular weight is 461 g/mol. The van der Waals surface area contributed by atoms with Crippen LogP contribution in [0.4, 0.5) is 17.1 Å². The van der Waals surface area contributed by atoms with Crippen molar-refractivity contribution in [3.8, 4) is 0 Å². The van der Waals surface area contributed by atoms with Crippen LogP contribution in [0.15, 0.2) is 30.3 Å². The van der Waals surface area contributed by atoms with Gasteiger partial charge in [-0.3, -0.25) is 24.5 Å². The lowest BCUT2D eigenvalue weighted by atomic mass is 9.75. The van der Waals surface area contributed by atoms with Gasteiger partial charge in [-0.1, -0.05) is 12.1 Å². The van der Waals surface area contributed by atoms with E-state index in [0.717, 1.165) is 45.0 Å². The molecule has 3 fully saturated rings. The maximum Gasteiger partial charge on any atom is 0.291 e. The fraction of sp³-hybridized carbons (Fsp3) is 0.400. The molecule has 9 heteroatoms. The van der Waals surface area contributed by atoms with Gasteiger partial charge in [0.1, 0.15) is 17.9 Å². The van der Waals surface area contributed by atoms with E-state index in [-0.39, 0.29) is 34.8 Å². The molecular weight excluding hydrogens is 436 g/mol. The minimum Gasteiger partial charge on any atom is -0.320 e. The topological polar surface area (TPSA) is 114 Å². The summed E-state index contributed by atoms with van der Waals surface area (Å²) < 4.78 is 0. The van der Waals surface area contributed by atoms with Crippen LogP contribution in [0.3, 0.4) is 0 Å². The van der Waals surface area contributed by atoms with E-state index in [0.29, 0.717) is 6.54 Å². The smallest absolute Gasteiger partial charge is 0.291 e. The maximum atomic E-state index is 14.1. The number of benzene rings is 2. The molecule has 2 aromatic rings. The predicted octanol–water partition coefficient (Wildman–Crippen LogP) is 1.53. The van der Waals surface area contributed by atoms with Gasteiger partial charge in [-0.15, -0.1) is 0 Å². The molecule has 0 aliphatic carbocycles. The Kier molecular flexibility index (Phi) is 4.15. The Hall–Kier alpha value is -3.59. The van der Waals surface area contributed by atoms with Crippen molar-refractivity contribution in [1.29, 1.82) is 0 Å². The van der Waals surface area contributed by atoms with Gasteiger partial charge in [-0.2, -0.15) is 0 Å². The number of nitro benzene ring substituents is 1. The molecule has 1 unspecified atom stereocenters. The molecule has 34 heavy (non-hydrogen) atoms. The minimum atomic E-state index is -1.17. The van der Waals surface area contributed by atoms with E-state index in [9.17, 15) is 24.5 Å². The van der Waals surface area contributed by atoms with Crippen molar-refractivity contribution >= 4 is 34.8 Å². The molecule has 0 aromatic heterocycles. The summed E-state index contributed by atoms with van der Waals surface area (Å²) in [5, 5.41) is 14.6. The Morgan fingerprint density at radius 3 is 2.59 bits per heavy atom. The third kappa shape index (κ3) is 2.25. The summed E-state index contributed by atoms with van der Waals surface area (Å²) in [6.45, 7) is 6.20. The molecule has 3 saturated heterocycles. The Bertz CT molecular complexity index is 1340. The third-order valence-electron chi connectivity index (χ3n) is 8.64. The number of hydrogen-bond acceptors (Lipinski definition) is 5. The quantitative estimate of drug-likeness (QED) is 0.400. The first kappa shape index (κ1) is 21.0. The Balaban J connectivity index is 1.56. The van der Waals surface area contributed by atoms with Gasteiger partial charge >= 0.3 is 0 Å². The van der Waals surface area contributed by atoms with Gasteiger partial charge in [0.2, 0.25) is 17.4 Å². The highest BCUT2D eigenvalue weighted by molar-refractivity contribution is 6.25. The largest absolute Gasteiger partial charge is 0.320 e. The molecule has 6 rings (SSSR count). The SMILES string of the molecule is Cc1ccc2c(c1C)NC(=O)[C@@]21[C@@H]2C(=O)N(c3cccc([N+](=O)[O-])c3C)C(=O)[C@@H]2[C@@H]2CCC[NH+]21. The van der Waals surface area contributed by atoms with Crippen LogP contribution >= 0.6 is 0 Å². The molecule has 5 atom stereocenters. The Labute approximate surface area is 195 Å². The lowest BCUT2D eigenvalue weighted by Gasteiger charge is -2.33. The summed E-state index contributed by atoms with van der Waals surface area (Å²) in [4.78, 5) is 54.8. The molecule has 4 heterocycles. The van der Waals surface area contributed by atoms with Gasteiger partial charge in [0.25, 0.3) is 11.6 Å². The van der Waals surface area contributed by atoms with Crippen molar-refractivity contribution in [3.05, 3.63) is 62.7 Å². The number of carbonyl (C=O) groups is 3. The van der Waals surface area contributed by atoms with Crippen molar-refractivity contribution in [2.24, 2.45) is 11.8 Å². The van der Waals surface area contributed by atoms with E-state index in [1.165, 1.54) is 12.1 Å². The predicted molar refractivity (Wildman–Crippen MR) is 122 cm³/mol. The number of rotatable bonds is 2. The summed E-state index contributed by atoms with van der Waals surface area (Å²) in [6.07, 6.45) is 1.63. The second-order valence-corrected chi connectivity index (χ2v) is 9.91. The van der Waals surface area contributed by atoms with Crippen LogP contribution in [-0.2, 0) is 19.9 Å². The van der Waals surface area contributed by atoms with Crippen molar-refractivity contribution in [2.45, 2.75) is 45.2 Å². The van der Waals surface area contributed by atoms with Crippen molar-refractivity contribution in [1.82, 2.24) is 0 Å². The first-order valence-electron chi connectivity index (χ1n) is 11.6. The summed E-state index contributed by atoms with van der Waals surface area (Å²) in [6, 6.07) is 8.17. The van der Waals surface area contributed by atoms with E-state index in [1.807, 2.05) is 26.0 Å². The number of anilines is 2. The summed E-state index contributed by atoms with van der Waals surface area (Å²) in [7, 11) is 0. The van der Waals surface area contributed by atoms with Crippen molar-refractivity contribution in [3.63, 3.8) is 0 Å². The zero-order chi connectivity index (χ0) is 24.1.